The van der Waals surface area contributed by atoms with Gasteiger partial charge >= 0.3 is 11.9 Å². The van der Waals surface area contributed by atoms with Crippen LogP contribution in [0.2, 0.25) is 0 Å². The first kappa shape index (κ1) is 26.0. The Morgan fingerprint density at radius 1 is 1.06 bits per heavy atom. The zero-order valence-electron chi connectivity index (χ0n) is 23.7. The number of hydrogen-bond acceptors (Lipinski definition) is 3. The van der Waals surface area contributed by atoms with Gasteiger partial charge in [-0.3, -0.25) is 9.59 Å². The van der Waals surface area contributed by atoms with Crippen molar-refractivity contribution >= 4 is 11.9 Å². The van der Waals surface area contributed by atoms with E-state index >= 15 is 0 Å². The van der Waals surface area contributed by atoms with Gasteiger partial charge in [0.2, 0.25) is 0 Å². The van der Waals surface area contributed by atoms with Gasteiger partial charge in [0.1, 0.15) is 6.10 Å². The maximum absolute atomic E-state index is 12.9. The molecule has 0 spiro atoms. The summed E-state index contributed by atoms with van der Waals surface area (Å²) in [4.78, 5) is 24.7. The van der Waals surface area contributed by atoms with Crippen LogP contribution in [-0.2, 0) is 14.3 Å². The Morgan fingerprint density at radius 2 is 1.75 bits per heavy atom. The molecule has 9 unspecified atom stereocenters. The van der Waals surface area contributed by atoms with Gasteiger partial charge in [-0.2, -0.15) is 0 Å². The predicted octanol–water partition coefficient (Wildman–Crippen LogP) is 7.58. The van der Waals surface area contributed by atoms with Crippen molar-refractivity contribution in [3.8, 4) is 0 Å². The molecule has 0 heterocycles. The van der Waals surface area contributed by atoms with E-state index in [9.17, 15) is 14.7 Å². The van der Waals surface area contributed by atoms with E-state index in [1.165, 1.54) is 18.9 Å². The highest BCUT2D eigenvalue weighted by Gasteiger charge is 2.69. The van der Waals surface area contributed by atoms with E-state index < -0.39 is 11.4 Å². The Labute approximate surface area is 218 Å². The first-order valence-electron chi connectivity index (χ1n) is 14.4. The minimum absolute atomic E-state index is 0.0111. The standard InChI is InChI=1S/C32H48O4/c1-19-17-28(4,5)18-24-23-9-10-26-29(6)13-12-25(36-21(3)33)20(2)22(29)11-14-31(26,8)30(23,7)15-16-32(19,24)27(34)35/h9,20,22,24-26H,1,10-18H2,2-8H3,(H,34,35). The number of rotatable bonds is 2. The molecule has 0 aromatic carbocycles. The third-order valence-corrected chi connectivity index (χ3v) is 12.8. The second-order valence-electron chi connectivity index (χ2n) is 14.9. The molecule has 0 amide bonds. The molecule has 0 radical (unpaired) electrons. The van der Waals surface area contributed by atoms with Crippen molar-refractivity contribution in [3.05, 3.63) is 23.8 Å². The fourth-order valence-corrected chi connectivity index (χ4v) is 10.8. The molecule has 36 heavy (non-hydrogen) atoms. The second-order valence-corrected chi connectivity index (χ2v) is 14.9. The van der Waals surface area contributed by atoms with Crippen LogP contribution < -0.4 is 0 Å². The van der Waals surface area contributed by atoms with Gasteiger partial charge in [-0.1, -0.05) is 65.3 Å². The van der Waals surface area contributed by atoms with Crippen molar-refractivity contribution in [2.24, 2.45) is 50.7 Å². The average Bonchev–Trinajstić information content (AvgIpc) is 2.75. The number of aliphatic carboxylic acids is 1. The van der Waals surface area contributed by atoms with E-state index in [2.05, 4.69) is 54.2 Å². The van der Waals surface area contributed by atoms with Gasteiger partial charge in [0, 0.05) is 12.8 Å². The first-order valence-corrected chi connectivity index (χ1v) is 14.4. The Hall–Kier alpha value is -1.58. The van der Waals surface area contributed by atoms with Crippen LogP contribution in [0.4, 0.5) is 0 Å². The van der Waals surface area contributed by atoms with Crippen molar-refractivity contribution in [2.75, 3.05) is 0 Å². The second kappa shape index (κ2) is 7.96. The fraction of sp³-hybridized carbons (Fsp3) is 0.812. The molecule has 0 aliphatic heterocycles. The first-order chi connectivity index (χ1) is 16.6. The summed E-state index contributed by atoms with van der Waals surface area (Å²) in [6.45, 7) is 20.4. The number of esters is 1. The number of carboxylic acid groups (broad SMARTS) is 1. The predicted molar refractivity (Wildman–Crippen MR) is 142 cm³/mol. The van der Waals surface area contributed by atoms with Crippen LogP contribution in [0.1, 0.15) is 106 Å². The van der Waals surface area contributed by atoms with Crippen molar-refractivity contribution < 1.29 is 19.4 Å². The van der Waals surface area contributed by atoms with Gasteiger partial charge in [0.05, 0.1) is 5.41 Å². The molecule has 0 bridgehead atoms. The van der Waals surface area contributed by atoms with E-state index in [4.69, 9.17) is 4.74 Å². The summed E-state index contributed by atoms with van der Waals surface area (Å²) in [5.74, 6) is 0.736. The number of ether oxygens (including phenoxy) is 1. The van der Waals surface area contributed by atoms with Crippen LogP contribution in [0, 0.1) is 50.7 Å². The summed E-state index contributed by atoms with van der Waals surface area (Å²) < 4.78 is 5.77. The molecule has 0 saturated heterocycles. The zero-order chi connectivity index (χ0) is 26.5. The van der Waals surface area contributed by atoms with Gasteiger partial charge in [0.15, 0.2) is 0 Å². The smallest absolute Gasteiger partial charge is 0.314 e. The van der Waals surface area contributed by atoms with E-state index in [1.54, 1.807) is 0 Å². The molecule has 5 aliphatic carbocycles. The highest BCUT2D eigenvalue weighted by Crippen LogP contribution is 2.75. The highest BCUT2D eigenvalue weighted by atomic mass is 16.5. The molecule has 5 aliphatic rings. The van der Waals surface area contributed by atoms with Gasteiger partial charge in [-0.25, -0.2) is 0 Å². The average molecular weight is 497 g/mol. The minimum Gasteiger partial charge on any atom is -0.481 e. The number of hydrogen-bond donors (Lipinski definition) is 1. The third kappa shape index (κ3) is 3.24. The molecule has 5 rings (SSSR count). The number of carboxylic acids is 1. The van der Waals surface area contributed by atoms with E-state index in [0.29, 0.717) is 24.2 Å². The van der Waals surface area contributed by atoms with E-state index in [0.717, 1.165) is 50.5 Å². The quantitative estimate of drug-likeness (QED) is 0.316. The van der Waals surface area contributed by atoms with Gasteiger partial charge in [-0.15, -0.1) is 0 Å². The van der Waals surface area contributed by atoms with Crippen molar-refractivity contribution in [1.82, 2.24) is 0 Å². The molecule has 4 heteroatoms. The van der Waals surface area contributed by atoms with E-state index in [-0.39, 0.29) is 39.7 Å². The minimum atomic E-state index is -0.804. The van der Waals surface area contributed by atoms with Gasteiger partial charge in [0.25, 0.3) is 0 Å². The molecule has 4 saturated carbocycles. The van der Waals surface area contributed by atoms with Crippen LogP contribution >= 0.6 is 0 Å². The molecular weight excluding hydrogens is 448 g/mol. The summed E-state index contributed by atoms with van der Waals surface area (Å²) >= 11 is 0. The Morgan fingerprint density at radius 3 is 2.39 bits per heavy atom. The summed E-state index contributed by atoms with van der Waals surface area (Å²) in [6.07, 6.45) is 11.4. The topological polar surface area (TPSA) is 63.6 Å². The lowest BCUT2D eigenvalue weighted by Crippen LogP contribution is -2.64. The maximum Gasteiger partial charge on any atom is 0.314 e. The van der Waals surface area contributed by atoms with Crippen LogP contribution in [-0.4, -0.2) is 23.1 Å². The molecule has 9 atom stereocenters. The normalized spacial score (nSPS) is 49.5. The Kier molecular flexibility index (Phi) is 5.76. The van der Waals surface area contributed by atoms with Crippen molar-refractivity contribution in [1.29, 1.82) is 0 Å². The summed E-state index contributed by atoms with van der Waals surface area (Å²) in [5, 5.41) is 10.6. The summed E-state index contributed by atoms with van der Waals surface area (Å²) in [6, 6.07) is 0. The molecule has 4 fully saturated rings. The molecule has 4 nitrogen and oxygen atoms in total. The van der Waals surface area contributed by atoms with Crippen LogP contribution in [0.5, 0.6) is 0 Å². The number of allylic oxidation sites excluding steroid dienone is 2. The van der Waals surface area contributed by atoms with E-state index in [1.807, 2.05) is 0 Å². The maximum atomic E-state index is 12.9. The highest BCUT2D eigenvalue weighted by molar-refractivity contribution is 5.80. The lowest BCUT2D eigenvalue weighted by molar-refractivity contribution is -0.190. The van der Waals surface area contributed by atoms with Crippen molar-refractivity contribution in [2.45, 2.75) is 112 Å². The molecular formula is C32H48O4. The molecule has 0 aromatic rings. The fourth-order valence-electron chi connectivity index (χ4n) is 10.8. The lowest BCUT2D eigenvalue weighted by Gasteiger charge is -2.70. The third-order valence-electron chi connectivity index (χ3n) is 12.8. The summed E-state index contributed by atoms with van der Waals surface area (Å²) in [5.41, 5.74) is 2.02. The van der Waals surface area contributed by atoms with Gasteiger partial charge < -0.3 is 9.84 Å². The largest absolute Gasteiger partial charge is 0.481 e. The zero-order valence-corrected chi connectivity index (χ0v) is 23.7. The Balaban J connectivity index is 1.55. The van der Waals surface area contributed by atoms with Crippen molar-refractivity contribution in [3.63, 3.8) is 0 Å². The number of carbonyl (C=O) groups is 2. The summed E-state index contributed by atoms with van der Waals surface area (Å²) in [7, 11) is 0. The SMILES string of the molecule is C=C1CC(C)(C)CC2C3=CCC4C5(C)CCC(OC(C)=O)C(C)C5CCC4(C)C3(C)CCC12C(=O)O. The Bertz CT molecular complexity index is 1020. The lowest BCUT2D eigenvalue weighted by atomic mass is 9.34. The van der Waals surface area contributed by atoms with Crippen LogP contribution in [0.25, 0.3) is 0 Å². The van der Waals surface area contributed by atoms with Gasteiger partial charge in [-0.05, 0) is 97.2 Å². The number of fused-ring (bicyclic) bond motifs is 7. The molecule has 0 aromatic heterocycles. The molecule has 200 valence electrons. The number of carbonyl (C=O) groups excluding carboxylic acids is 1. The van der Waals surface area contributed by atoms with Crippen LogP contribution in [0.3, 0.4) is 0 Å². The van der Waals surface area contributed by atoms with Crippen LogP contribution in [0.15, 0.2) is 23.8 Å². The monoisotopic (exact) mass is 496 g/mol. The molecule has 1 N–H and O–H groups in total.